The smallest absolute Gasteiger partial charge is 0.259 e. The lowest BCUT2D eigenvalue weighted by molar-refractivity contribution is -0.130. The van der Waals surface area contributed by atoms with Crippen molar-refractivity contribution in [2.45, 2.75) is 42.6 Å². The molecule has 3 aromatic heterocycles. The Morgan fingerprint density at radius 3 is 2.73 bits per heavy atom. The Kier molecular flexibility index (Phi) is 7.45. The van der Waals surface area contributed by atoms with Crippen LogP contribution in [0, 0.1) is 18.7 Å². The predicted molar refractivity (Wildman–Crippen MR) is 152 cm³/mol. The Bertz CT molecular complexity index is 1600. The maximum absolute atomic E-state index is 13.6. The highest BCUT2D eigenvalue weighted by Crippen LogP contribution is 2.38. The fourth-order valence-electron chi connectivity index (χ4n) is 5.07. The first-order valence-electron chi connectivity index (χ1n) is 13.3. The molecular formula is C28H29FN8O3S. The van der Waals surface area contributed by atoms with Gasteiger partial charge in [0.15, 0.2) is 11.6 Å². The fourth-order valence-corrected chi connectivity index (χ4v) is 6.06. The van der Waals surface area contributed by atoms with Crippen LogP contribution in [-0.4, -0.2) is 63.2 Å². The van der Waals surface area contributed by atoms with E-state index in [1.807, 2.05) is 36.0 Å². The van der Waals surface area contributed by atoms with Crippen molar-refractivity contribution in [2.75, 3.05) is 25.5 Å². The lowest BCUT2D eigenvalue weighted by atomic mass is 9.93. The molecular weight excluding hydrogens is 547 g/mol. The molecule has 6 rings (SSSR count). The van der Waals surface area contributed by atoms with Crippen molar-refractivity contribution in [3.63, 3.8) is 0 Å². The van der Waals surface area contributed by atoms with Crippen molar-refractivity contribution in [1.29, 1.82) is 0 Å². The van der Waals surface area contributed by atoms with Crippen molar-refractivity contribution in [1.82, 2.24) is 30.5 Å². The zero-order valence-electron chi connectivity index (χ0n) is 22.8. The second-order valence-electron chi connectivity index (χ2n) is 10.0. The monoisotopic (exact) mass is 576 g/mol. The standard InChI is InChI=1S/C28H29FN8O3S/c1-16-24-23(8-11-30-27(24)40-35-16)41-21-14-22(39-20-6-4-19(29)5-7-20)25(31-15-21)32-28-33-26(36(3)34-28)18-9-12-37(13-10-18)17(2)38/h4-8,11,14-15,18,26H,9-10,12-13H2,1-3H3,(H2,31,32,33,34). The summed E-state index contributed by atoms with van der Waals surface area (Å²) in [6.07, 6.45) is 5.10. The number of nitrogens with one attached hydrogen (secondary N) is 2. The number of hydrogen-bond acceptors (Lipinski definition) is 11. The average molecular weight is 577 g/mol. The van der Waals surface area contributed by atoms with E-state index in [2.05, 4.69) is 25.9 Å². The van der Waals surface area contributed by atoms with E-state index in [-0.39, 0.29) is 17.9 Å². The molecule has 5 heterocycles. The Balaban J connectivity index is 1.25. The molecule has 1 unspecified atom stereocenters. The SMILES string of the molecule is CC(=O)N1CCC(C2N=C(Nc3ncc(Sc4ccnc5onc(C)c45)cc3Oc3ccc(F)cc3)NN2C)CC1. The number of rotatable bonds is 6. The first-order chi connectivity index (χ1) is 19.8. The summed E-state index contributed by atoms with van der Waals surface area (Å²) in [6, 6.07) is 9.58. The molecule has 41 heavy (non-hydrogen) atoms. The average Bonchev–Trinajstić information content (AvgIpc) is 3.53. The quantitative estimate of drug-likeness (QED) is 0.331. The summed E-state index contributed by atoms with van der Waals surface area (Å²) in [5.74, 6) is 1.97. The van der Waals surface area contributed by atoms with Crippen molar-refractivity contribution in [2.24, 2.45) is 10.9 Å². The minimum Gasteiger partial charge on any atom is -0.453 e. The summed E-state index contributed by atoms with van der Waals surface area (Å²) < 4.78 is 25.0. The van der Waals surface area contributed by atoms with E-state index in [4.69, 9.17) is 14.3 Å². The number of carbonyl (C=O) groups excluding carboxylic acids is 1. The van der Waals surface area contributed by atoms with Crippen molar-refractivity contribution < 1.29 is 18.4 Å². The number of piperidine rings is 1. The molecule has 0 aliphatic carbocycles. The Labute approximate surface area is 240 Å². The number of amides is 1. The zero-order chi connectivity index (χ0) is 28.5. The van der Waals surface area contributed by atoms with Crippen LogP contribution in [0.1, 0.15) is 25.5 Å². The minimum atomic E-state index is -0.350. The molecule has 212 valence electrons. The normalized spacial score (nSPS) is 17.9. The van der Waals surface area contributed by atoms with Gasteiger partial charge in [-0.2, -0.15) is 5.01 Å². The molecule has 2 aliphatic heterocycles. The maximum atomic E-state index is 13.6. The maximum Gasteiger partial charge on any atom is 0.259 e. The Hall–Kier alpha value is -4.23. The van der Waals surface area contributed by atoms with Gasteiger partial charge >= 0.3 is 0 Å². The Morgan fingerprint density at radius 2 is 1.98 bits per heavy atom. The van der Waals surface area contributed by atoms with Gasteiger partial charge in [0.2, 0.25) is 11.9 Å². The molecule has 1 amide bonds. The second kappa shape index (κ2) is 11.3. The highest BCUT2D eigenvalue weighted by atomic mass is 32.2. The third-order valence-corrected chi connectivity index (χ3v) is 8.21. The van der Waals surface area contributed by atoms with E-state index < -0.39 is 0 Å². The summed E-state index contributed by atoms with van der Waals surface area (Å²) in [7, 11) is 1.95. The molecule has 1 aromatic carbocycles. The second-order valence-corrected chi connectivity index (χ2v) is 11.1. The van der Waals surface area contributed by atoms with Crippen LogP contribution in [0.2, 0.25) is 0 Å². The van der Waals surface area contributed by atoms with Gasteiger partial charge in [-0.15, -0.1) is 0 Å². The highest BCUT2D eigenvalue weighted by molar-refractivity contribution is 7.99. The molecule has 1 fully saturated rings. The van der Waals surface area contributed by atoms with E-state index >= 15 is 0 Å². The summed E-state index contributed by atoms with van der Waals surface area (Å²) >= 11 is 1.48. The third kappa shape index (κ3) is 5.81. The van der Waals surface area contributed by atoms with E-state index in [0.29, 0.717) is 34.9 Å². The Morgan fingerprint density at radius 1 is 1.20 bits per heavy atom. The van der Waals surface area contributed by atoms with Crippen LogP contribution in [-0.2, 0) is 4.79 Å². The molecule has 1 atom stereocenters. The lowest BCUT2D eigenvalue weighted by Crippen LogP contribution is -2.46. The first kappa shape index (κ1) is 27.0. The van der Waals surface area contributed by atoms with Gasteiger partial charge < -0.3 is 19.5 Å². The van der Waals surface area contributed by atoms with Crippen LogP contribution in [0.5, 0.6) is 11.5 Å². The van der Waals surface area contributed by atoms with Crippen molar-refractivity contribution >= 4 is 40.5 Å². The number of aryl methyl sites for hydroxylation is 1. The van der Waals surface area contributed by atoms with Gasteiger partial charge in [-0.1, -0.05) is 16.9 Å². The number of nitrogens with zero attached hydrogens (tertiary/aromatic N) is 6. The number of fused-ring (bicyclic) bond motifs is 1. The zero-order valence-corrected chi connectivity index (χ0v) is 23.6. The van der Waals surface area contributed by atoms with Crippen LogP contribution in [0.25, 0.3) is 11.1 Å². The van der Waals surface area contributed by atoms with E-state index in [1.165, 1.54) is 23.9 Å². The van der Waals surface area contributed by atoms with Gasteiger partial charge in [0.1, 0.15) is 17.7 Å². The number of halogens is 1. The molecule has 4 aromatic rings. The van der Waals surface area contributed by atoms with E-state index in [0.717, 1.165) is 46.8 Å². The number of hydrogen-bond donors (Lipinski definition) is 2. The molecule has 13 heteroatoms. The molecule has 11 nitrogen and oxygen atoms in total. The molecule has 0 radical (unpaired) electrons. The number of aromatic nitrogens is 3. The largest absolute Gasteiger partial charge is 0.453 e. The van der Waals surface area contributed by atoms with E-state index in [1.54, 1.807) is 31.5 Å². The van der Waals surface area contributed by atoms with Crippen LogP contribution >= 0.6 is 11.8 Å². The predicted octanol–water partition coefficient (Wildman–Crippen LogP) is 4.81. The number of anilines is 1. The number of benzene rings is 1. The lowest BCUT2D eigenvalue weighted by Gasteiger charge is -2.35. The van der Waals surface area contributed by atoms with Crippen LogP contribution in [0.3, 0.4) is 0 Å². The summed E-state index contributed by atoms with van der Waals surface area (Å²) in [4.78, 5) is 29.1. The molecule has 1 saturated heterocycles. The number of carbonyl (C=O) groups is 1. The molecule has 2 N–H and O–H groups in total. The fraction of sp³-hybridized carbons (Fsp3) is 0.321. The number of pyridine rings is 2. The van der Waals surface area contributed by atoms with Crippen LogP contribution in [0.15, 0.2) is 68.1 Å². The number of likely N-dealkylation sites (tertiary alicyclic amines) is 1. The van der Waals surface area contributed by atoms with Crippen molar-refractivity contribution in [3.8, 4) is 11.5 Å². The first-order valence-corrected chi connectivity index (χ1v) is 14.1. The number of aliphatic imine (C=N–C) groups is 1. The van der Waals surface area contributed by atoms with Gasteiger partial charge in [-0.05, 0) is 56.0 Å². The molecule has 0 saturated carbocycles. The molecule has 0 bridgehead atoms. The number of ether oxygens (including phenoxy) is 1. The van der Waals surface area contributed by atoms with Gasteiger partial charge in [0.05, 0.1) is 11.1 Å². The molecule has 2 aliphatic rings. The minimum absolute atomic E-state index is 0.0798. The van der Waals surface area contributed by atoms with Gasteiger partial charge in [-0.25, -0.2) is 19.4 Å². The molecule has 0 spiro atoms. The van der Waals surface area contributed by atoms with E-state index in [9.17, 15) is 9.18 Å². The third-order valence-electron chi connectivity index (χ3n) is 7.19. The van der Waals surface area contributed by atoms with Crippen LogP contribution in [0.4, 0.5) is 10.2 Å². The summed E-state index contributed by atoms with van der Waals surface area (Å²) in [5, 5.41) is 10.1. The van der Waals surface area contributed by atoms with Gasteiger partial charge in [0, 0.05) is 55.3 Å². The topological polar surface area (TPSA) is 121 Å². The number of guanidine groups is 1. The number of hydrazine groups is 1. The highest BCUT2D eigenvalue weighted by Gasteiger charge is 2.34. The van der Waals surface area contributed by atoms with Gasteiger partial charge in [-0.3, -0.25) is 10.2 Å². The summed E-state index contributed by atoms with van der Waals surface area (Å²) in [6.45, 7) is 4.95. The van der Waals surface area contributed by atoms with Gasteiger partial charge in [0.25, 0.3) is 5.71 Å². The van der Waals surface area contributed by atoms with Crippen molar-refractivity contribution in [3.05, 3.63) is 60.3 Å². The summed E-state index contributed by atoms with van der Waals surface area (Å²) in [5.41, 5.74) is 4.50. The van der Waals surface area contributed by atoms with Crippen LogP contribution < -0.4 is 15.5 Å².